The fourth-order valence-electron chi connectivity index (χ4n) is 1.76. The van der Waals surface area contributed by atoms with E-state index in [9.17, 15) is 0 Å². The van der Waals surface area contributed by atoms with Gasteiger partial charge >= 0.3 is 0 Å². The van der Waals surface area contributed by atoms with Crippen LogP contribution in [0.15, 0.2) is 30.0 Å². The first-order valence-electron chi connectivity index (χ1n) is 5.91. The fourth-order valence-corrected chi connectivity index (χ4v) is 3.86. The molecule has 0 aliphatic heterocycles. The smallest absolute Gasteiger partial charge is 0.118 e. The molecule has 0 N–H and O–H groups in total. The van der Waals surface area contributed by atoms with Crippen molar-refractivity contribution in [3.8, 4) is 5.75 Å². The third kappa shape index (κ3) is 4.23. The second-order valence-corrected chi connectivity index (χ2v) is 9.66. The Morgan fingerprint density at radius 3 is 2.31 bits per heavy atom. The van der Waals surface area contributed by atoms with Crippen LogP contribution >= 0.6 is 0 Å². The van der Waals surface area contributed by atoms with Crippen LogP contribution in [0.5, 0.6) is 5.75 Å². The fraction of sp³-hybridized carbons (Fsp3) is 0.429. The number of benzene rings is 1. The molecule has 0 spiro atoms. The number of rotatable bonds is 5. The molecule has 88 valence electrons. The maximum atomic E-state index is 5.14. The van der Waals surface area contributed by atoms with Crippen LogP contribution in [0.25, 0.3) is 6.08 Å². The molecule has 0 aliphatic carbocycles. The Kier molecular flexibility index (Phi) is 4.81. The number of methoxy groups -OCH3 is 1. The maximum absolute atomic E-state index is 5.14. The van der Waals surface area contributed by atoms with E-state index in [4.69, 9.17) is 4.74 Å². The topological polar surface area (TPSA) is 9.23 Å². The molecule has 0 atom stereocenters. The van der Waals surface area contributed by atoms with Crippen molar-refractivity contribution in [1.29, 1.82) is 0 Å². The van der Waals surface area contributed by atoms with Crippen LogP contribution in [0.2, 0.25) is 19.1 Å². The largest absolute Gasteiger partial charge is 0.497 e. The highest BCUT2D eigenvalue weighted by Crippen LogP contribution is 2.17. The van der Waals surface area contributed by atoms with Crippen molar-refractivity contribution in [1.82, 2.24) is 0 Å². The van der Waals surface area contributed by atoms with Crippen LogP contribution in [0.3, 0.4) is 0 Å². The molecule has 1 nitrogen and oxygen atoms in total. The van der Waals surface area contributed by atoms with Gasteiger partial charge in [0.05, 0.1) is 15.2 Å². The van der Waals surface area contributed by atoms with Crippen molar-refractivity contribution in [3.63, 3.8) is 0 Å². The van der Waals surface area contributed by atoms with Crippen molar-refractivity contribution >= 4 is 14.1 Å². The van der Waals surface area contributed by atoms with Gasteiger partial charge in [0.15, 0.2) is 0 Å². The van der Waals surface area contributed by atoms with Gasteiger partial charge in [-0.2, -0.15) is 0 Å². The Morgan fingerprint density at radius 1 is 1.19 bits per heavy atom. The van der Waals surface area contributed by atoms with Gasteiger partial charge in [-0.25, -0.2) is 0 Å². The van der Waals surface area contributed by atoms with Crippen LogP contribution in [0, 0.1) is 0 Å². The molecule has 0 heterocycles. The maximum Gasteiger partial charge on any atom is 0.118 e. The summed E-state index contributed by atoms with van der Waals surface area (Å²) < 4.78 is 5.14. The lowest BCUT2D eigenvalue weighted by Gasteiger charge is -2.15. The standard InChI is InChI=1S/C14H22OSi/c1-5-11-16(3,4)12-10-13-6-8-14(15-2)9-7-13/h6-10,12H,5,11H2,1-4H3/b12-10+. The summed E-state index contributed by atoms with van der Waals surface area (Å²) in [5, 5.41) is 0. The Labute approximate surface area is 100 Å². The minimum absolute atomic E-state index is 0.919. The van der Waals surface area contributed by atoms with Gasteiger partial charge in [-0.05, 0) is 17.7 Å². The van der Waals surface area contributed by atoms with Crippen molar-refractivity contribution < 1.29 is 4.74 Å². The predicted octanol–water partition coefficient (Wildman–Crippen LogP) is 4.37. The molecular formula is C14H22OSi. The van der Waals surface area contributed by atoms with Gasteiger partial charge in [0, 0.05) is 0 Å². The van der Waals surface area contributed by atoms with Gasteiger partial charge in [-0.15, -0.1) is 0 Å². The summed E-state index contributed by atoms with van der Waals surface area (Å²) in [5.41, 5.74) is 3.69. The summed E-state index contributed by atoms with van der Waals surface area (Å²) in [4.78, 5) is 0. The van der Waals surface area contributed by atoms with E-state index in [1.165, 1.54) is 18.0 Å². The molecule has 1 aromatic carbocycles. The van der Waals surface area contributed by atoms with Gasteiger partial charge < -0.3 is 4.74 Å². The lowest BCUT2D eigenvalue weighted by atomic mass is 10.2. The normalized spacial score (nSPS) is 12.0. The number of ether oxygens (including phenoxy) is 1. The summed E-state index contributed by atoms with van der Waals surface area (Å²) in [7, 11) is 0.577. The van der Waals surface area contributed by atoms with Crippen molar-refractivity contribution in [3.05, 3.63) is 35.5 Å². The van der Waals surface area contributed by atoms with E-state index in [-0.39, 0.29) is 0 Å². The predicted molar refractivity (Wildman–Crippen MR) is 74.6 cm³/mol. The molecule has 0 unspecified atom stereocenters. The lowest BCUT2D eigenvalue weighted by molar-refractivity contribution is 0.415. The van der Waals surface area contributed by atoms with Crippen LogP contribution in [-0.4, -0.2) is 15.2 Å². The van der Waals surface area contributed by atoms with Crippen molar-refractivity contribution in [2.75, 3.05) is 7.11 Å². The van der Waals surface area contributed by atoms with Crippen LogP contribution < -0.4 is 4.74 Å². The highest BCUT2D eigenvalue weighted by molar-refractivity contribution is 6.82. The van der Waals surface area contributed by atoms with E-state index in [0.717, 1.165) is 5.75 Å². The zero-order valence-corrected chi connectivity index (χ0v) is 11.8. The number of hydrogen-bond acceptors (Lipinski definition) is 1. The molecule has 1 rings (SSSR count). The first-order valence-corrected chi connectivity index (χ1v) is 9.19. The van der Waals surface area contributed by atoms with E-state index in [2.05, 4.69) is 43.9 Å². The van der Waals surface area contributed by atoms with Crippen LogP contribution in [0.1, 0.15) is 18.9 Å². The summed E-state index contributed by atoms with van der Waals surface area (Å²) in [5.74, 6) is 0.919. The van der Waals surface area contributed by atoms with Gasteiger partial charge in [0.1, 0.15) is 5.75 Å². The summed E-state index contributed by atoms with van der Waals surface area (Å²) in [6.07, 6.45) is 3.54. The molecule has 0 bridgehead atoms. The molecular weight excluding hydrogens is 212 g/mol. The van der Waals surface area contributed by atoms with E-state index in [1.54, 1.807) is 7.11 Å². The summed E-state index contributed by atoms with van der Waals surface area (Å²) in [6, 6.07) is 9.58. The second kappa shape index (κ2) is 5.90. The Morgan fingerprint density at radius 2 is 1.81 bits per heavy atom. The molecule has 0 aliphatic rings. The van der Waals surface area contributed by atoms with Crippen molar-refractivity contribution in [2.24, 2.45) is 0 Å². The van der Waals surface area contributed by atoms with Gasteiger partial charge in [0.25, 0.3) is 0 Å². The molecule has 16 heavy (non-hydrogen) atoms. The Balaban J connectivity index is 2.68. The Hall–Kier alpha value is -1.02. The van der Waals surface area contributed by atoms with E-state index in [0.29, 0.717) is 0 Å². The highest BCUT2D eigenvalue weighted by Gasteiger charge is 2.14. The summed E-state index contributed by atoms with van der Waals surface area (Å²) in [6.45, 7) is 7.09. The van der Waals surface area contributed by atoms with E-state index in [1.807, 2.05) is 12.1 Å². The van der Waals surface area contributed by atoms with Gasteiger partial charge in [-0.3, -0.25) is 0 Å². The monoisotopic (exact) mass is 234 g/mol. The molecule has 0 saturated carbocycles. The number of hydrogen-bond donors (Lipinski definition) is 0. The molecule has 1 aromatic rings. The third-order valence-corrected chi connectivity index (χ3v) is 5.59. The first-order chi connectivity index (χ1) is 7.57. The van der Waals surface area contributed by atoms with E-state index < -0.39 is 8.07 Å². The third-order valence-electron chi connectivity index (χ3n) is 2.74. The lowest BCUT2D eigenvalue weighted by Crippen LogP contribution is -2.21. The van der Waals surface area contributed by atoms with Gasteiger partial charge in [-0.1, -0.05) is 56.4 Å². The zero-order chi connectivity index (χ0) is 12.0. The SMILES string of the molecule is CCC[Si](C)(C)/C=C/c1ccc(OC)cc1. The molecule has 2 heteroatoms. The molecule has 0 aromatic heterocycles. The average Bonchev–Trinajstić information content (AvgIpc) is 2.27. The Bertz CT molecular complexity index is 338. The minimum atomic E-state index is -1.12. The second-order valence-electron chi connectivity index (χ2n) is 4.85. The van der Waals surface area contributed by atoms with Crippen LogP contribution in [0.4, 0.5) is 0 Å². The summed E-state index contributed by atoms with van der Waals surface area (Å²) >= 11 is 0. The van der Waals surface area contributed by atoms with Crippen LogP contribution in [-0.2, 0) is 0 Å². The van der Waals surface area contributed by atoms with Gasteiger partial charge in [0.2, 0.25) is 0 Å². The molecule has 0 saturated heterocycles. The highest BCUT2D eigenvalue weighted by atomic mass is 28.3. The first kappa shape index (κ1) is 13.0. The molecule has 0 fully saturated rings. The molecule has 0 radical (unpaired) electrons. The average molecular weight is 234 g/mol. The quantitative estimate of drug-likeness (QED) is 0.688. The zero-order valence-electron chi connectivity index (χ0n) is 10.8. The van der Waals surface area contributed by atoms with Crippen molar-refractivity contribution in [2.45, 2.75) is 32.5 Å². The molecule has 0 amide bonds. The van der Waals surface area contributed by atoms with E-state index >= 15 is 0 Å². The minimum Gasteiger partial charge on any atom is -0.497 e.